The van der Waals surface area contributed by atoms with E-state index < -0.39 is 61.1 Å². The molecular formula is C66H148O25SSi7. The van der Waals surface area contributed by atoms with E-state index in [2.05, 4.69) is 18.7 Å². The molecule has 0 aromatic carbocycles. The molecule has 1 saturated carbocycles. The second kappa shape index (κ2) is 68.9. The van der Waals surface area contributed by atoms with Crippen molar-refractivity contribution in [3.8, 4) is 11.7 Å². The van der Waals surface area contributed by atoms with E-state index in [4.69, 9.17) is 114 Å². The molecule has 0 radical (unpaired) electrons. The molecule has 0 aromatic heterocycles. The zero-order valence-corrected chi connectivity index (χ0v) is 73.9. The van der Waals surface area contributed by atoms with Crippen LogP contribution in [0.4, 0.5) is 0 Å². The van der Waals surface area contributed by atoms with Crippen molar-refractivity contribution in [1.82, 2.24) is 0 Å². The summed E-state index contributed by atoms with van der Waals surface area (Å²) in [5, 5.41) is 11.9. The van der Waals surface area contributed by atoms with Gasteiger partial charge in [0.05, 0.1) is 32.7 Å². The number of epoxide rings is 1. The summed E-state index contributed by atoms with van der Waals surface area (Å²) < 4.78 is 135. The van der Waals surface area contributed by atoms with E-state index in [0.717, 1.165) is 138 Å². The molecule has 33 heteroatoms. The van der Waals surface area contributed by atoms with Crippen LogP contribution in [0.15, 0.2) is 0 Å². The summed E-state index contributed by atoms with van der Waals surface area (Å²) >= 11 is 1.49. The maximum absolute atomic E-state index is 9.33. The molecule has 1 unspecified atom stereocenters. The number of ether oxygens (including phenoxy) is 5. The first kappa shape index (κ1) is 104. The quantitative estimate of drug-likeness (QED) is 0.0257. The van der Waals surface area contributed by atoms with Gasteiger partial charge in [0.2, 0.25) is 0 Å². The van der Waals surface area contributed by atoms with Crippen molar-refractivity contribution in [2.75, 3.05) is 200 Å². The largest absolute Gasteiger partial charge is 0.501 e. The highest BCUT2D eigenvalue weighted by Gasteiger charge is 2.43. The first-order chi connectivity index (χ1) is 47.8. The molecule has 2 rings (SSSR count). The van der Waals surface area contributed by atoms with E-state index in [0.29, 0.717) is 125 Å². The van der Waals surface area contributed by atoms with Crippen molar-refractivity contribution >= 4 is 72.9 Å². The molecule has 0 amide bonds. The Labute approximate surface area is 615 Å². The van der Waals surface area contributed by atoms with Crippen LogP contribution in [0.25, 0.3) is 0 Å². The summed E-state index contributed by atoms with van der Waals surface area (Å²) in [5.74, 6) is 1.76. The highest BCUT2D eigenvalue weighted by Crippen LogP contribution is 2.29. The van der Waals surface area contributed by atoms with Gasteiger partial charge in [-0.25, -0.2) is 0 Å². The van der Waals surface area contributed by atoms with E-state index in [1.165, 1.54) is 24.6 Å². The van der Waals surface area contributed by atoms with Gasteiger partial charge in [0.1, 0.15) is 6.10 Å². The normalized spacial score (nSPS) is 14.3. The zero-order valence-electron chi connectivity index (χ0n) is 66.1. The summed E-state index contributed by atoms with van der Waals surface area (Å²) in [6, 6.07) is 5.89. The van der Waals surface area contributed by atoms with Crippen LogP contribution in [-0.2, 0) is 108 Å². The minimum atomic E-state index is -2.56. The standard InChI is InChI=1S/C20H46O8Si2.C13H28O4Si.C12H30O5Si2.C12H24O3SSi.C9H20O5Si/c1-7-23-29(24-8-2,25-9-3)19-13-15-21-17-18-22-16-14-20-30(26-10-4,27-11-5)28-12-6;1-4-15-18(16-5-2,17-6-3)11-7-10-14-12-13-8-9-13;1-14-18(5,15-2)10-8-6-7-9-11-19(12-13,16-3)17-4;1-5-10-15-17(13-6-2,14-7-3)12-9-11-16-8-4;1-10-15(11-2,12-3)6-4-5-13-7-9-8-14-9/h7-20H2,1-6H3;13H,4-12H2,1-3H3;13H,6-12H2,1-5H3;4H,5-7,9-12H2,1-3H3;9H,4-8H2,1-3H3. The molecule has 1 aliphatic carbocycles. The van der Waals surface area contributed by atoms with Gasteiger partial charge in [0.25, 0.3) is 0 Å². The fourth-order valence-corrected chi connectivity index (χ4v) is 25.8. The first-order valence-corrected chi connectivity index (χ1v) is 52.4. The fourth-order valence-electron chi connectivity index (χ4n) is 9.79. The number of unbranched alkanes of at least 4 members (excludes halogenated alkanes) is 3. The number of terminal acetylenes is 1. The third-order valence-corrected chi connectivity index (χ3v) is 37.4. The SMILES string of the molecule is C#CSCCC[Si](OCC)(OCC)OCCC.CCO[Si](CCCOCC1CC1)(OCC)OCC.CCO[Si](CCCOCCOCCC[Si](OCC)(OCC)OCC)(OCC)OCC.CO[Si](C)(CCCCCC[Si](CO)(OC)OC)OC.CO[Si](CCCOCC1CO1)(OC)OC. The smallest absolute Gasteiger partial charge is 0.398 e. The molecule has 1 N–H and O–H groups in total. The van der Waals surface area contributed by atoms with Gasteiger partial charge in [0.15, 0.2) is 0 Å². The Hall–Kier alpha value is 0.428. The maximum atomic E-state index is 9.33. The summed E-state index contributed by atoms with van der Waals surface area (Å²) in [6.45, 7) is 39.8. The van der Waals surface area contributed by atoms with E-state index in [1.807, 2.05) is 76.2 Å². The molecule has 2 fully saturated rings. The Morgan fingerprint density at radius 1 is 0.374 bits per heavy atom. The Bertz CT molecular complexity index is 1640. The number of hydrogen-bond donors (Lipinski definition) is 1. The van der Waals surface area contributed by atoms with Gasteiger partial charge in [-0.1, -0.05) is 44.4 Å². The average Bonchev–Trinajstić information content (AvgIpc) is 1.88. The first-order valence-electron chi connectivity index (χ1n) is 37.0. The fraction of sp³-hybridized carbons (Fsp3) is 0.970. The Morgan fingerprint density at radius 2 is 0.707 bits per heavy atom. The maximum Gasteiger partial charge on any atom is 0.501 e. The molecule has 99 heavy (non-hydrogen) atoms. The molecule has 596 valence electrons. The minimum Gasteiger partial charge on any atom is -0.398 e. The summed E-state index contributed by atoms with van der Waals surface area (Å²) in [4.78, 5) is 0. The molecule has 1 aliphatic heterocycles. The van der Waals surface area contributed by atoms with E-state index >= 15 is 0 Å². The number of thioether (sulfide) groups is 1. The highest BCUT2D eigenvalue weighted by atomic mass is 32.2. The lowest BCUT2D eigenvalue weighted by atomic mass is 10.2. The second-order valence-corrected chi connectivity index (χ2v) is 44.8. The number of hydrogen-bond acceptors (Lipinski definition) is 26. The van der Waals surface area contributed by atoms with Crippen LogP contribution in [-0.4, -0.2) is 273 Å². The Kier molecular flexibility index (Phi) is 72.1. The van der Waals surface area contributed by atoms with Crippen molar-refractivity contribution in [2.45, 2.75) is 215 Å². The lowest BCUT2D eigenvalue weighted by Crippen LogP contribution is -2.46. The van der Waals surface area contributed by atoms with Crippen molar-refractivity contribution in [3.63, 3.8) is 0 Å². The lowest BCUT2D eigenvalue weighted by Gasteiger charge is -2.28. The molecular weight excluding hydrogens is 1420 g/mol. The van der Waals surface area contributed by atoms with Crippen LogP contribution in [0.3, 0.4) is 0 Å². The molecule has 0 aromatic rings. The van der Waals surface area contributed by atoms with Crippen molar-refractivity contribution in [2.24, 2.45) is 5.92 Å². The van der Waals surface area contributed by atoms with Gasteiger partial charge < -0.3 is 113 Å². The van der Waals surface area contributed by atoms with Gasteiger partial charge in [0, 0.05) is 198 Å². The van der Waals surface area contributed by atoms with Crippen LogP contribution in [0.5, 0.6) is 0 Å². The summed E-state index contributed by atoms with van der Waals surface area (Å²) in [5.41, 5.74) is 0. The van der Waals surface area contributed by atoms with Crippen molar-refractivity contribution < 1.29 is 113 Å². The van der Waals surface area contributed by atoms with Gasteiger partial charge in [-0.2, -0.15) is 0 Å². The van der Waals surface area contributed by atoms with E-state index in [-0.39, 0.29) is 6.23 Å². The average molecular weight is 1570 g/mol. The van der Waals surface area contributed by atoms with Crippen LogP contribution < -0.4 is 0 Å². The lowest BCUT2D eigenvalue weighted by molar-refractivity contribution is 0.0383. The number of aliphatic hydroxyl groups excluding tert-OH is 1. The predicted molar refractivity (Wildman–Crippen MR) is 409 cm³/mol. The molecule has 0 spiro atoms. The van der Waals surface area contributed by atoms with Crippen LogP contribution in [0.1, 0.15) is 160 Å². The third-order valence-electron chi connectivity index (χ3n) is 15.3. The summed E-state index contributed by atoms with van der Waals surface area (Å²) in [6.07, 6.45) is 18.2. The monoisotopic (exact) mass is 1570 g/mol. The predicted octanol–water partition coefficient (Wildman–Crippen LogP) is 12.7. The second-order valence-electron chi connectivity index (χ2n) is 22.8. The van der Waals surface area contributed by atoms with Crippen LogP contribution >= 0.6 is 11.8 Å². The summed E-state index contributed by atoms with van der Waals surface area (Å²) in [7, 11) is -5.03. The topological polar surface area (TPSA) is 245 Å². The number of rotatable bonds is 67. The van der Waals surface area contributed by atoms with Gasteiger partial charge >= 0.3 is 61.1 Å². The minimum absolute atomic E-state index is 0.0261. The van der Waals surface area contributed by atoms with Crippen LogP contribution in [0.2, 0.25) is 48.9 Å². The van der Waals surface area contributed by atoms with Crippen molar-refractivity contribution in [3.05, 3.63) is 0 Å². The van der Waals surface area contributed by atoms with Crippen molar-refractivity contribution in [1.29, 1.82) is 0 Å². The van der Waals surface area contributed by atoms with Gasteiger partial charge in [-0.3, -0.25) is 0 Å². The van der Waals surface area contributed by atoms with E-state index in [1.54, 1.807) is 49.8 Å². The third kappa shape index (κ3) is 53.8. The highest BCUT2D eigenvalue weighted by molar-refractivity contribution is 8.03. The van der Waals surface area contributed by atoms with Gasteiger partial charge in [-0.15, -0.1) is 6.42 Å². The Balaban J connectivity index is -0.00000119. The van der Waals surface area contributed by atoms with Crippen LogP contribution in [0, 0.1) is 17.6 Å². The molecule has 1 atom stereocenters. The molecule has 2 aliphatic rings. The molecule has 0 bridgehead atoms. The molecule has 25 nitrogen and oxygen atoms in total. The number of aliphatic hydroxyl groups is 1. The molecule has 1 heterocycles. The van der Waals surface area contributed by atoms with E-state index in [9.17, 15) is 5.11 Å². The Morgan fingerprint density at radius 3 is 1.01 bits per heavy atom. The molecule has 1 saturated heterocycles. The zero-order chi connectivity index (χ0) is 74.7. The van der Waals surface area contributed by atoms with Gasteiger partial charge in [-0.05, 0) is 157 Å².